The molecule has 0 radical (unpaired) electrons. The molecule has 0 aromatic heterocycles. The summed E-state index contributed by atoms with van der Waals surface area (Å²) in [5.74, 6) is -0.485. The van der Waals surface area contributed by atoms with Gasteiger partial charge in [0.1, 0.15) is 11.6 Å². The Kier molecular flexibility index (Phi) is 4.23. The topological polar surface area (TPSA) is 40.5 Å². The zero-order valence-electron chi connectivity index (χ0n) is 10.7. The molecule has 2 aromatic rings. The molecule has 0 amide bonds. The molecule has 0 heterocycles. The van der Waals surface area contributed by atoms with Gasteiger partial charge in [0.25, 0.3) is 0 Å². The van der Waals surface area contributed by atoms with Gasteiger partial charge in [0, 0.05) is 17.0 Å². The standard InChI is InChI=1S/C15H13Cl2FO2/c1-15(20,8-9-2-4-10(19)5-3-9)11-6-14(18)13(17)7-12(11)16/h2-7,19-20H,8H2,1H3. The van der Waals surface area contributed by atoms with Crippen LogP contribution >= 0.6 is 23.2 Å². The molecule has 0 bridgehead atoms. The minimum atomic E-state index is -1.35. The van der Waals surface area contributed by atoms with Crippen LogP contribution in [-0.2, 0) is 12.0 Å². The largest absolute Gasteiger partial charge is 0.508 e. The van der Waals surface area contributed by atoms with Crippen LogP contribution in [0, 0.1) is 5.82 Å². The molecular weight excluding hydrogens is 302 g/mol. The van der Waals surface area contributed by atoms with Gasteiger partial charge >= 0.3 is 0 Å². The van der Waals surface area contributed by atoms with E-state index >= 15 is 0 Å². The fraction of sp³-hybridized carbons (Fsp3) is 0.200. The Balaban J connectivity index is 2.34. The number of hydrogen-bond acceptors (Lipinski definition) is 2. The van der Waals surface area contributed by atoms with Gasteiger partial charge < -0.3 is 10.2 Å². The zero-order valence-corrected chi connectivity index (χ0v) is 12.2. The monoisotopic (exact) mass is 314 g/mol. The van der Waals surface area contributed by atoms with E-state index < -0.39 is 11.4 Å². The Hall–Kier alpha value is -1.29. The third-order valence-electron chi connectivity index (χ3n) is 3.07. The van der Waals surface area contributed by atoms with Gasteiger partial charge in [-0.05, 0) is 36.8 Å². The van der Waals surface area contributed by atoms with E-state index in [1.165, 1.54) is 18.2 Å². The Morgan fingerprint density at radius 3 is 2.30 bits per heavy atom. The summed E-state index contributed by atoms with van der Waals surface area (Å²) in [6.45, 7) is 1.55. The first-order valence-electron chi connectivity index (χ1n) is 5.95. The van der Waals surface area contributed by atoms with Crippen molar-refractivity contribution < 1.29 is 14.6 Å². The van der Waals surface area contributed by atoms with Crippen molar-refractivity contribution in [2.24, 2.45) is 0 Å². The fourth-order valence-corrected chi connectivity index (χ4v) is 2.63. The molecule has 0 saturated heterocycles. The molecule has 2 aromatic carbocycles. The number of hydrogen-bond donors (Lipinski definition) is 2. The van der Waals surface area contributed by atoms with Crippen molar-refractivity contribution in [1.29, 1.82) is 0 Å². The molecule has 1 unspecified atom stereocenters. The van der Waals surface area contributed by atoms with Crippen LogP contribution in [0.1, 0.15) is 18.1 Å². The number of phenols is 1. The van der Waals surface area contributed by atoms with Crippen molar-refractivity contribution in [2.45, 2.75) is 18.9 Å². The Morgan fingerprint density at radius 2 is 1.70 bits per heavy atom. The van der Waals surface area contributed by atoms with E-state index in [0.717, 1.165) is 11.6 Å². The van der Waals surface area contributed by atoms with Crippen molar-refractivity contribution in [3.05, 3.63) is 63.4 Å². The van der Waals surface area contributed by atoms with Gasteiger partial charge in [-0.2, -0.15) is 0 Å². The predicted molar refractivity (Wildman–Crippen MR) is 77.8 cm³/mol. The molecular formula is C15H13Cl2FO2. The highest BCUT2D eigenvalue weighted by molar-refractivity contribution is 6.35. The van der Waals surface area contributed by atoms with E-state index in [1.54, 1.807) is 19.1 Å². The summed E-state index contributed by atoms with van der Waals surface area (Å²) in [7, 11) is 0. The first kappa shape index (κ1) is 15.1. The molecule has 20 heavy (non-hydrogen) atoms. The molecule has 0 aliphatic heterocycles. The van der Waals surface area contributed by atoms with E-state index in [4.69, 9.17) is 23.2 Å². The van der Waals surface area contributed by atoms with Gasteiger partial charge in [0.15, 0.2) is 0 Å². The number of benzene rings is 2. The summed E-state index contributed by atoms with van der Waals surface area (Å²) < 4.78 is 13.5. The Labute approximate surface area is 126 Å². The van der Waals surface area contributed by atoms with E-state index in [2.05, 4.69) is 0 Å². The molecule has 2 nitrogen and oxygen atoms in total. The van der Waals surface area contributed by atoms with Gasteiger partial charge in [-0.15, -0.1) is 0 Å². The van der Waals surface area contributed by atoms with Crippen LogP contribution in [0.5, 0.6) is 5.75 Å². The molecule has 0 saturated carbocycles. The van der Waals surface area contributed by atoms with Gasteiger partial charge in [-0.3, -0.25) is 0 Å². The summed E-state index contributed by atoms with van der Waals surface area (Å²) in [5, 5.41) is 19.9. The van der Waals surface area contributed by atoms with Crippen LogP contribution in [0.25, 0.3) is 0 Å². The third-order valence-corrected chi connectivity index (χ3v) is 3.68. The molecule has 0 fully saturated rings. The fourth-order valence-electron chi connectivity index (χ4n) is 2.04. The Bertz CT molecular complexity index is 625. The summed E-state index contributed by atoms with van der Waals surface area (Å²) in [6.07, 6.45) is 0.230. The molecule has 1 atom stereocenters. The number of aliphatic hydroxyl groups is 1. The Morgan fingerprint density at radius 1 is 1.10 bits per heavy atom. The molecule has 0 aliphatic rings. The summed E-state index contributed by atoms with van der Waals surface area (Å²) in [5.41, 5.74) is -0.284. The maximum Gasteiger partial charge on any atom is 0.142 e. The lowest BCUT2D eigenvalue weighted by Crippen LogP contribution is -2.25. The summed E-state index contributed by atoms with van der Waals surface area (Å²) in [4.78, 5) is 0. The number of rotatable bonds is 3. The SMILES string of the molecule is CC(O)(Cc1ccc(O)cc1)c1cc(F)c(Cl)cc1Cl. The number of phenolic OH excluding ortho intramolecular Hbond substituents is 1. The van der Waals surface area contributed by atoms with E-state index in [0.29, 0.717) is 0 Å². The van der Waals surface area contributed by atoms with E-state index in [-0.39, 0.29) is 27.8 Å². The second-order valence-electron chi connectivity index (χ2n) is 4.86. The lowest BCUT2D eigenvalue weighted by atomic mass is 9.89. The molecule has 106 valence electrons. The normalized spacial score (nSPS) is 14.1. The average molecular weight is 315 g/mol. The highest BCUT2D eigenvalue weighted by Crippen LogP contribution is 2.34. The molecule has 2 N–H and O–H groups in total. The van der Waals surface area contributed by atoms with Crippen LogP contribution in [0.3, 0.4) is 0 Å². The summed E-state index contributed by atoms with van der Waals surface area (Å²) >= 11 is 11.7. The second kappa shape index (κ2) is 5.60. The van der Waals surface area contributed by atoms with Crippen molar-refractivity contribution >= 4 is 23.2 Å². The van der Waals surface area contributed by atoms with Crippen LogP contribution in [0.2, 0.25) is 10.0 Å². The smallest absolute Gasteiger partial charge is 0.142 e. The lowest BCUT2D eigenvalue weighted by Gasteiger charge is -2.25. The van der Waals surface area contributed by atoms with Crippen LogP contribution in [0.15, 0.2) is 36.4 Å². The maximum absolute atomic E-state index is 13.5. The van der Waals surface area contributed by atoms with Gasteiger partial charge in [-0.1, -0.05) is 35.3 Å². The maximum atomic E-state index is 13.5. The number of aromatic hydroxyl groups is 1. The predicted octanol–water partition coefficient (Wildman–Crippen LogP) is 4.29. The van der Waals surface area contributed by atoms with Crippen LogP contribution in [0.4, 0.5) is 4.39 Å². The highest BCUT2D eigenvalue weighted by Gasteiger charge is 2.27. The number of halogens is 3. The molecule has 0 aliphatic carbocycles. The minimum Gasteiger partial charge on any atom is -0.508 e. The first-order chi connectivity index (χ1) is 9.29. The van der Waals surface area contributed by atoms with Gasteiger partial charge in [0.2, 0.25) is 0 Å². The molecule has 0 spiro atoms. The lowest BCUT2D eigenvalue weighted by molar-refractivity contribution is 0.0574. The quantitative estimate of drug-likeness (QED) is 0.830. The van der Waals surface area contributed by atoms with Crippen molar-refractivity contribution in [3.8, 4) is 5.75 Å². The average Bonchev–Trinajstić information content (AvgIpc) is 2.36. The van der Waals surface area contributed by atoms with E-state index in [1.807, 2.05) is 0 Å². The van der Waals surface area contributed by atoms with Crippen LogP contribution < -0.4 is 0 Å². The summed E-state index contributed by atoms with van der Waals surface area (Å²) in [6, 6.07) is 8.84. The van der Waals surface area contributed by atoms with Crippen molar-refractivity contribution in [1.82, 2.24) is 0 Å². The van der Waals surface area contributed by atoms with Crippen molar-refractivity contribution in [3.63, 3.8) is 0 Å². The second-order valence-corrected chi connectivity index (χ2v) is 5.68. The minimum absolute atomic E-state index is 0.0841. The van der Waals surface area contributed by atoms with Crippen LogP contribution in [-0.4, -0.2) is 10.2 Å². The van der Waals surface area contributed by atoms with Gasteiger partial charge in [0.05, 0.1) is 10.6 Å². The molecule has 5 heteroatoms. The highest BCUT2D eigenvalue weighted by atomic mass is 35.5. The van der Waals surface area contributed by atoms with Gasteiger partial charge in [-0.25, -0.2) is 4.39 Å². The zero-order chi connectivity index (χ0) is 14.9. The van der Waals surface area contributed by atoms with E-state index in [9.17, 15) is 14.6 Å². The molecule has 2 rings (SSSR count). The van der Waals surface area contributed by atoms with Crippen molar-refractivity contribution in [2.75, 3.05) is 0 Å². The third kappa shape index (κ3) is 3.23. The first-order valence-corrected chi connectivity index (χ1v) is 6.70.